The molecule has 0 aliphatic carbocycles. The van der Waals surface area contributed by atoms with Gasteiger partial charge in [-0.05, 0) is 41.8 Å². The molecule has 0 radical (unpaired) electrons. The Balaban J connectivity index is 1.83. The highest BCUT2D eigenvalue weighted by molar-refractivity contribution is 5.83. The van der Waals surface area contributed by atoms with Crippen LogP contribution in [0.5, 0.6) is 5.75 Å². The molecule has 0 unspecified atom stereocenters. The normalized spacial score (nSPS) is 10.3. The first kappa shape index (κ1) is 19.4. The summed E-state index contributed by atoms with van der Waals surface area (Å²) < 4.78 is 18.0. The highest BCUT2D eigenvalue weighted by Crippen LogP contribution is 2.12. The van der Waals surface area contributed by atoms with Gasteiger partial charge in [-0.2, -0.15) is 0 Å². The molecular formula is C20H23FN2O3. The third kappa shape index (κ3) is 6.20. The zero-order valence-electron chi connectivity index (χ0n) is 15.0. The second-order valence-electron chi connectivity index (χ2n) is 5.94. The summed E-state index contributed by atoms with van der Waals surface area (Å²) in [6.07, 6.45) is 0.648. The predicted molar refractivity (Wildman–Crippen MR) is 97.2 cm³/mol. The molecule has 0 aliphatic rings. The van der Waals surface area contributed by atoms with Crippen LogP contribution in [-0.2, 0) is 22.6 Å². The summed E-state index contributed by atoms with van der Waals surface area (Å²) in [5, 5.41) is 2.75. The van der Waals surface area contributed by atoms with E-state index in [2.05, 4.69) is 5.32 Å². The van der Waals surface area contributed by atoms with E-state index >= 15 is 0 Å². The van der Waals surface area contributed by atoms with E-state index in [9.17, 15) is 14.0 Å². The van der Waals surface area contributed by atoms with Gasteiger partial charge in [0.25, 0.3) is 0 Å². The topological polar surface area (TPSA) is 58.6 Å². The molecule has 0 fully saturated rings. The van der Waals surface area contributed by atoms with Gasteiger partial charge in [0.1, 0.15) is 11.6 Å². The predicted octanol–water partition coefficient (Wildman–Crippen LogP) is 2.54. The number of carbonyl (C=O) groups is 2. The molecule has 2 rings (SSSR count). The fraction of sp³-hybridized carbons (Fsp3) is 0.300. The van der Waals surface area contributed by atoms with Gasteiger partial charge in [-0.15, -0.1) is 0 Å². The number of hydrogen-bond donors (Lipinski definition) is 1. The van der Waals surface area contributed by atoms with Crippen molar-refractivity contribution < 1.29 is 18.7 Å². The number of amides is 2. The van der Waals surface area contributed by atoms with E-state index in [-0.39, 0.29) is 24.2 Å². The third-order valence-electron chi connectivity index (χ3n) is 4.01. The number of halogens is 1. The van der Waals surface area contributed by atoms with Gasteiger partial charge >= 0.3 is 0 Å². The van der Waals surface area contributed by atoms with Crippen LogP contribution in [-0.4, -0.2) is 36.9 Å². The van der Waals surface area contributed by atoms with Crippen LogP contribution in [0.4, 0.5) is 4.39 Å². The van der Waals surface area contributed by atoms with Crippen LogP contribution in [0.15, 0.2) is 48.5 Å². The molecule has 138 valence electrons. The number of carbonyl (C=O) groups excluding carboxylic acids is 2. The standard InChI is InChI=1S/C20H23FN2O3/c1-15(24)23(12-11-16-5-9-19(26-2)10-6-16)14-20(25)22-13-17-3-7-18(21)8-4-17/h3-10H,11-14H2,1-2H3,(H,22,25). The first-order valence-electron chi connectivity index (χ1n) is 8.37. The summed E-state index contributed by atoms with van der Waals surface area (Å²) >= 11 is 0. The van der Waals surface area contributed by atoms with Gasteiger partial charge in [-0.25, -0.2) is 4.39 Å². The molecule has 0 atom stereocenters. The highest BCUT2D eigenvalue weighted by atomic mass is 19.1. The molecule has 0 bridgehead atoms. The lowest BCUT2D eigenvalue weighted by atomic mass is 10.1. The van der Waals surface area contributed by atoms with Crippen LogP contribution in [0.25, 0.3) is 0 Å². The average molecular weight is 358 g/mol. The number of hydrogen-bond acceptors (Lipinski definition) is 3. The monoisotopic (exact) mass is 358 g/mol. The SMILES string of the molecule is COc1ccc(CCN(CC(=O)NCc2ccc(F)cc2)C(C)=O)cc1. The Morgan fingerprint density at radius 1 is 1.04 bits per heavy atom. The number of nitrogens with one attached hydrogen (secondary N) is 1. The van der Waals surface area contributed by atoms with Crippen molar-refractivity contribution in [3.63, 3.8) is 0 Å². The van der Waals surface area contributed by atoms with E-state index < -0.39 is 0 Å². The molecule has 2 aromatic rings. The van der Waals surface area contributed by atoms with E-state index in [0.29, 0.717) is 19.5 Å². The van der Waals surface area contributed by atoms with E-state index in [1.807, 2.05) is 24.3 Å². The molecule has 0 heterocycles. The van der Waals surface area contributed by atoms with Crippen molar-refractivity contribution in [2.75, 3.05) is 20.2 Å². The molecule has 2 amide bonds. The molecule has 2 aromatic carbocycles. The Labute approximate surface area is 152 Å². The molecule has 26 heavy (non-hydrogen) atoms. The van der Waals surface area contributed by atoms with Crippen molar-refractivity contribution in [3.05, 3.63) is 65.5 Å². The fourth-order valence-electron chi connectivity index (χ4n) is 2.44. The van der Waals surface area contributed by atoms with Crippen molar-refractivity contribution in [1.82, 2.24) is 10.2 Å². The minimum absolute atomic E-state index is 0.00726. The van der Waals surface area contributed by atoms with E-state index in [0.717, 1.165) is 16.9 Å². The lowest BCUT2D eigenvalue weighted by molar-refractivity contribution is -0.134. The maximum Gasteiger partial charge on any atom is 0.239 e. The molecule has 1 N–H and O–H groups in total. The second-order valence-corrected chi connectivity index (χ2v) is 5.94. The van der Waals surface area contributed by atoms with Gasteiger partial charge < -0.3 is 15.0 Å². The van der Waals surface area contributed by atoms with Crippen molar-refractivity contribution in [2.24, 2.45) is 0 Å². The Hall–Kier alpha value is -2.89. The number of ether oxygens (including phenoxy) is 1. The largest absolute Gasteiger partial charge is 0.497 e. The first-order valence-corrected chi connectivity index (χ1v) is 8.37. The van der Waals surface area contributed by atoms with Gasteiger partial charge in [-0.3, -0.25) is 9.59 Å². The minimum Gasteiger partial charge on any atom is -0.497 e. The van der Waals surface area contributed by atoms with Crippen LogP contribution in [0, 0.1) is 5.82 Å². The van der Waals surface area contributed by atoms with Crippen molar-refractivity contribution in [1.29, 1.82) is 0 Å². The summed E-state index contributed by atoms with van der Waals surface area (Å²) in [5.74, 6) is 0.0495. The summed E-state index contributed by atoms with van der Waals surface area (Å²) in [4.78, 5) is 25.4. The molecular weight excluding hydrogens is 335 g/mol. The van der Waals surface area contributed by atoms with Crippen molar-refractivity contribution in [3.8, 4) is 5.75 Å². The molecule has 0 saturated carbocycles. The number of methoxy groups -OCH3 is 1. The fourth-order valence-corrected chi connectivity index (χ4v) is 2.44. The summed E-state index contributed by atoms with van der Waals surface area (Å²) in [5.41, 5.74) is 1.86. The summed E-state index contributed by atoms with van der Waals surface area (Å²) in [6.45, 7) is 2.18. The maximum absolute atomic E-state index is 12.9. The molecule has 0 spiro atoms. The van der Waals surface area contributed by atoms with Gasteiger partial charge in [-0.1, -0.05) is 24.3 Å². The van der Waals surface area contributed by atoms with Crippen LogP contribution in [0.3, 0.4) is 0 Å². The lowest BCUT2D eigenvalue weighted by Crippen LogP contribution is -2.40. The Kier molecular flexibility index (Phi) is 7.14. The van der Waals surface area contributed by atoms with Crippen LogP contribution >= 0.6 is 0 Å². The zero-order chi connectivity index (χ0) is 18.9. The molecule has 0 aliphatic heterocycles. The molecule has 5 nitrogen and oxygen atoms in total. The molecule has 6 heteroatoms. The van der Waals surface area contributed by atoms with Gasteiger partial charge in [0.05, 0.1) is 13.7 Å². The van der Waals surface area contributed by atoms with E-state index in [4.69, 9.17) is 4.74 Å². The summed E-state index contributed by atoms with van der Waals surface area (Å²) in [6, 6.07) is 13.5. The van der Waals surface area contributed by atoms with Gasteiger partial charge in [0.15, 0.2) is 0 Å². The third-order valence-corrected chi connectivity index (χ3v) is 4.01. The lowest BCUT2D eigenvalue weighted by Gasteiger charge is -2.20. The number of rotatable bonds is 8. The second kappa shape index (κ2) is 9.56. The number of benzene rings is 2. The Morgan fingerprint density at radius 2 is 1.65 bits per heavy atom. The van der Waals surface area contributed by atoms with Crippen molar-refractivity contribution in [2.45, 2.75) is 19.9 Å². The minimum atomic E-state index is -0.318. The van der Waals surface area contributed by atoms with Crippen molar-refractivity contribution >= 4 is 11.8 Å². The first-order chi connectivity index (χ1) is 12.5. The average Bonchev–Trinajstić information content (AvgIpc) is 2.64. The molecule has 0 saturated heterocycles. The zero-order valence-corrected chi connectivity index (χ0v) is 15.0. The number of nitrogens with zero attached hydrogens (tertiary/aromatic N) is 1. The van der Waals surface area contributed by atoms with Gasteiger partial charge in [0.2, 0.25) is 11.8 Å². The van der Waals surface area contributed by atoms with Crippen LogP contribution in [0.2, 0.25) is 0 Å². The molecule has 0 aromatic heterocycles. The Morgan fingerprint density at radius 3 is 2.23 bits per heavy atom. The Bertz CT molecular complexity index is 730. The maximum atomic E-state index is 12.9. The quantitative estimate of drug-likeness (QED) is 0.789. The van der Waals surface area contributed by atoms with Gasteiger partial charge in [0, 0.05) is 20.0 Å². The van der Waals surface area contributed by atoms with E-state index in [1.54, 1.807) is 19.2 Å². The van der Waals surface area contributed by atoms with Crippen LogP contribution < -0.4 is 10.1 Å². The van der Waals surface area contributed by atoms with E-state index in [1.165, 1.54) is 24.0 Å². The smallest absolute Gasteiger partial charge is 0.239 e. The summed E-state index contributed by atoms with van der Waals surface area (Å²) in [7, 11) is 1.61. The highest BCUT2D eigenvalue weighted by Gasteiger charge is 2.13. The van der Waals surface area contributed by atoms with Crippen LogP contribution in [0.1, 0.15) is 18.1 Å².